The molecule has 1 heterocycles. The molecule has 0 saturated carbocycles. The Morgan fingerprint density at radius 1 is 1.23 bits per heavy atom. The third-order valence-electron chi connectivity index (χ3n) is 3.94. The summed E-state index contributed by atoms with van der Waals surface area (Å²) in [5.41, 5.74) is 1.01. The largest absolute Gasteiger partial charge is 0.495 e. The van der Waals surface area contributed by atoms with Crippen LogP contribution in [0.25, 0.3) is 10.9 Å². The maximum Gasteiger partial charge on any atom is 0.251 e. The summed E-state index contributed by atoms with van der Waals surface area (Å²) in [6.07, 6.45) is 0.350. The minimum absolute atomic E-state index is 0.103. The summed E-state index contributed by atoms with van der Waals surface area (Å²) in [5, 5.41) is 3.90. The van der Waals surface area contributed by atoms with Crippen LogP contribution in [0.3, 0.4) is 0 Å². The number of benzene rings is 2. The third kappa shape index (κ3) is 4.03. The molecule has 0 atom stereocenters. The van der Waals surface area contributed by atoms with E-state index >= 15 is 0 Å². The van der Waals surface area contributed by atoms with Crippen LogP contribution in [0.5, 0.6) is 5.75 Å². The van der Waals surface area contributed by atoms with Crippen molar-refractivity contribution in [1.29, 1.82) is 0 Å². The van der Waals surface area contributed by atoms with Gasteiger partial charge in [-0.15, -0.1) is 0 Å². The molecule has 3 aromatic rings. The lowest BCUT2D eigenvalue weighted by Crippen LogP contribution is -2.17. The van der Waals surface area contributed by atoms with Crippen molar-refractivity contribution in [3.63, 3.8) is 0 Å². The van der Waals surface area contributed by atoms with E-state index in [4.69, 9.17) is 16.3 Å². The zero-order chi connectivity index (χ0) is 18.7. The van der Waals surface area contributed by atoms with Crippen molar-refractivity contribution in [3.05, 3.63) is 69.2 Å². The summed E-state index contributed by atoms with van der Waals surface area (Å²) in [6, 6.07) is 10.7. The van der Waals surface area contributed by atoms with Crippen molar-refractivity contribution in [3.8, 4) is 5.75 Å². The van der Waals surface area contributed by atoms with E-state index in [2.05, 4.69) is 10.3 Å². The maximum absolute atomic E-state index is 13.2. The average molecular weight is 375 g/mol. The first-order chi connectivity index (χ1) is 12.5. The summed E-state index contributed by atoms with van der Waals surface area (Å²) < 4.78 is 18.4. The predicted molar refractivity (Wildman–Crippen MR) is 99.5 cm³/mol. The molecule has 26 heavy (non-hydrogen) atoms. The van der Waals surface area contributed by atoms with Crippen LogP contribution in [0.4, 0.5) is 10.1 Å². The number of carbonyl (C=O) groups is 1. The Kier molecular flexibility index (Phi) is 5.23. The molecule has 1 aromatic heterocycles. The van der Waals surface area contributed by atoms with Gasteiger partial charge in [0.2, 0.25) is 5.91 Å². The number of carbonyl (C=O) groups excluding carboxylic acids is 1. The highest BCUT2D eigenvalue weighted by Gasteiger charge is 2.11. The van der Waals surface area contributed by atoms with Crippen LogP contribution in [-0.2, 0) is 11.2 Å². The van der Waals surface area contributed by atoms with Gasteiger partial charge < -0.3 is 15.0 Å². The fraction of sp³-hybridized carbons (Fsp3) is 0.158. The van der Waals surface area contributed by atoms with E-state index in [1.54, 1.807) is 30.3 Å². The van der Waals surface area contributed by atoms with Gasteiger partial charge in [-0.2, -0.15) is 0 Å². The first-order valence-electron chi connectivity index (χ1n) is 7.91. The number of rotatable bonds is 5. The number of anilines is 1. The van der Waals surface area contributed by atoms with Crippen LogP contribution in [0.2, 0.25) is 5.02 Å². The molecule has 2 aromatic carbocycles. The van der Waals surface area contributed by atoms with Crippen LogP contribution >= 0.6 is 11.6 Å². The molecule has 0 saturated heterocycles. The molecule has 0 aliphatic heterocycles. The Bertz CT molecular complexity index is 1030. The Hall–Kier alpha value is -2.86. The summed E-state index contributed by atoms with van der Waals surface area (Å²) in [4.78, 5) is 27.0. The number of methoxy groups -OCH3 is 1. The van der Waals surface area contributed by atoms with Gasteiger partial charge in [-0.1, -0.05) is 11.6 Å². The molecule has 0 fully saturated rings. The number of fused-ring (bicyclic) bond motifs is 1. The van der Waals surface area contributed by atoms with Crippen LogP contribution < -0.4 is 15.6 Å². The van der Waals surface area contributed by atoms with Crippen LogP contribution in [-0.4, -0.2) is 18.0 Å². The lowest BCUT2D eigenvalue weighted by Gasteiger charge is -2.10. The second kappa shape index (κ2) is 7.58. The number of aromatic nitrogens is 1. The standard InChI is InChI=1S/C19H16ClFN2O3/c1-26-17-6-4-13(20)9-16(17)22-18(24)7-3-12-8-11-2-5-14(21)10-15(11)23-19(12)25/h2,4-6,8-10H,3,7H2,1H3,(H,22,24)(H,23,25). The van der Waals surface area contributed by atoms with E-state index in [-0.39, 0.29) is 24.3 Å². The number of aromatic amines is 1. The van der Waals surface area contributed by atoms with E-state index in [9.17, 15) is 14.0 Å². The minimum atomic E-state index is -0.421. The lowest BCUT2D eigenvalue weighted by atomic mass is 10.1. The molecule has 7 heteroatoms. The van der Waals surface area contributed by atoms with Gasteiger partial charge in [-0.3, -0.25) is 9.59 Å². The number of H-pyrrole nitrogens is 1. The van der Waals surface area contributed by atoms with Gasteiger partial charge in [-0.25, -0.2) is 4.39 Å². The number of hydrogen-bond donors (Lipinski definition) is 2. The summed E-state index contributed by atoms with van der Waals surface area (Å²) in [5.74, 6) is -0.201. The molecule has 0 aliphatic carbocycles. The first-order valence-corrected chi connectivity index (χ1v) is 8.29. The van der Waals surface area contributed by atoms with Gasteiger partial charge in [-0.05, 0) is 54.3 Å². The fourth-order valence-corrected chi connectivity index (χ4v) is 2.82. The third-order valence-corrected chi connectivity index (χ3v) is 4.18. The number of nitrogens with one attached hydrogen (secondary N) is 2. The highest BCUT2D eigenvalue weighted by atomic mass is 35.5. The molecule has 0 radical (unpaired) electrons. The molecular weight excluding hydrogens is 359 g/mol. The van der Waals surface area contributed by atoms with Crippen molar-refractivity contribution in [2.24, 2.45) is 0 Å². The van der Waals surface area contributed by atoms with Crippen molar-refractivity contribution < 1.29 is 13.9 Å². The van der Waals surface area contributed by atoms with Crippen LogP contribution in [0.1, 0.15) is 12.0 Å². The fourth-order valence-electron chi connectivity index (χ4n) is 2.64. The summed E-state index contributed by atoms with van der Waals surface area (Å²) >= 11 is 5.94. The van der Waals surface area contributed by atoms with Crippen molar-refractivity contribution >= 4 is 34.1 Å². The van der Waals surface area contributed by atoms with Crippen molar-refractivity contribution in [2.45, 2.75) is 12.8 Å². The highest BCUT2D eigenvalue weighted by molar-refractivity contribution is 6.31. The molecule has 0 unspecified atom stereocenters. The Morgan fingerprint density at radius 2 is 2.04 bits per heavy atom. The molecule has 0 bridgehead atoms. The SMILES string of the molecule is COc1ccc(Cl)cc1NC(=O)CCc1cc2ccc(F)cc2[nH]c1=O. The van der Waals surface area contributed by atoms with E-state index in [0.29, 0.717) is 32.9 Å². The molecule has 1 amide bonds. The molecule has 0 spiro atoms. The van der Waals surface area contributed by atoms with Crippen molar-refractivity contribution in [2.75, 3.05) is 12.4 Å². The summed E-state index contributed by atoms with van der Waals surface area (Å²) in [6.45, 7) is 0. The zero-order valence-electron chi connectivity index (χ0n) is 13.9. The number of ether oxygens (including phenoxy) is 1. The van der Waals surface area contributed by atoms with Gasteiger partial charge in [0.15, 0.2) is 0 Å². The number of halogens is 2. The smallest absolute Gasteiger partial charge is 0.251 e. The van der Waals surface area contributed by atoms with Gasteiger partial charge >= 0.3 is 0 Å². The first kappa shape index (κ1) is 17.9. The van der Waals surface area contributed by atoms with Gasteiger partial charge in [0, 0.05) is 17.0 Å². The molecule has 0 aliphatic rings. The minimum Gasteiger partial charge on any atom is -0.495 e. The van der Waals surface area contributed by atoms with Gasteiger partial charge in [0.25, 0.3) is 5.56 Å². The molecule has 5 nitrogen and oxygen atoms in total. The van der Waals surface area contributed by atoms with E-state index < -0.39 is 5.82 Å². The quantitative estimate of drug-likeness (QED) is 0.711. The monoisotopic (exact) mass is 374 g/mol. The predicted octanol–water partition coefficient (Wildman–Crippen LogP) is 3.90. The Morgan fingerprint density at radius 3 is 2.81 bits per heavy atom. The number of hydrogen-bond acceptors (Lipinski definition) is 3. The molecule has 134 valence electrons. The number of aryl methyl sites for hydroxylation is 1. The van der Waals surface area contributed by atoms with Crippen LogP contribution in [0, 0.1) is 5.82 Å². The van der Waals surface area contributed by atoms with Crippen molar-refractivity contribution in [1.82, 2.24) is 4.98 Å². The number of pyridine rings is 1. The van der Waals surface area contributed by atoms with E-state index in [0.717, 1.165) is 0 Å². The molecule has 3 rings (SSSR count). The van der Waals surface area contributed by atoms with E-state index in [1.807, 2.05) is 0 Å². The molecular formula is C19H16ClFN2O3. The van der Waals surface area contributed by atoms with Gasteiger partial charge in [0.1, 0.15) is 11.6 Å². The second-order valence-corrected chi connectivity index (χ2v) is 6.18. The normalized spacial score (nSPS) is 10.7. The lowest BCUT2D eigenvalue weighted by molar-refractivity contribution is -0.116. The maximum atomic E-state index is 13.2. The van der Waals surface area contributed by atoms with Gasteiger partial charge in [0.05, 0.1) is 18.3 Å². The number of amides is 1. The highest BCUT2D eigenvalue weighted by Crippen LogP contribution is 2.27. The van der Waals surface area contributed by atoms with E-state index in [1.165, 1.54) is 19.2 Å². The molecule has 2 N–H and O–H groups in total. The Balaban J connectivity index is 1.73. The Labute approximate surface area is 153 Å². The van der Waals surface area contributed by atoms with Crippen LogP contribution in [0.15, 0.2) is 47.3 Å². The second-order valence-electron chi connectivity index (χ2n) is 5.75. The summed E-state index contributed by atoms with van der Waals surface area (Å²) in [7, 11) is 1.50. The average Bonchev–Trinajstić information content (AvgIpc) is 2.60. The topological polar surface area (TPSA) is 71.2 Å². The zero-order valence-corrected chi connectivity index (χ0v) is 14.7.